The lowest BCUT2D eigenvalue weighted by Crippen LogP contribution is -2.45. The van der Waals surface area contributed by atoms with E-state index in [0.29, 0.717) is 19.1 Å². The Balaban J connectivity index is 1.56. The first-order valence-electron chi connectivity index (χ1n) is 8.13. The molecule has 3 rings (SSSR count). The molecular weight excluding hydrogens is 305 g/mol. The number of carbonyl (C=O) groups excluding carboxylic acids is 1. The molecule has 1 amide bonds. The number of piperidine rings is 1. The molecule has 0 bridgehead atoms. The summed E-state index contributed by atoms with van der Waals surface area (Å²) in [5.74, 6) is 0.511. The summed E-state index contributed by atoms with van der Waals surface area (Å²) in [6.07, 6.45) is -0.0926. The molecule has 2 aliphatic rings. The van der Waals surface area contributed by atoms with Crippen molar-refractivity contribution in [1.82, 2.24) is 10.2 Å². The van der Waals surface area contributed by atoms with Crippen LogP contribution in [-0.2, 0) is 6.18 Å². The third-order valence-corrected chi connectivity index (χ3v) is 4.61. The quantitative estimate of drug-likeness (QED) is 0.921. The Morgan fingerprint density at radius 2 is 1.87 bits per heavy atom. The van der Waals surface area contributed by atoms with E-state index in [-0.39, 0.29) is 11.5 Å². The van der Waals surface area contributed by atoms with Crippen LogP contribution in [0, 0.1) is 5.92 Å². The smallest absolute Gasteiger partial charge is 0.339 e. The summed E-state index contributed by atoms with van der Waals surface area (Å²) in [5.41, 5.74) is -0.659. The highest BCUT2D eigenvalue weighted by molar-refractivity contribution is 5.94. The third-order valence-electron chi connectivity index (χ3n) is 4.61. The summed E-state index contributed by atoms with van der Waals surface area (Å²) < 4.78 is 38.2. The fraction of sp³-hybridized carbons (Fsp3) is 0.588. The zero-order chi connectivity index (χ0) is 16.4. The maximum atomic E-state index is 12.7. The Morgan fingerprint density at radius 3 is 2.48 bits per heavy atom. The fourth-order valence-corrected chi connectivity index (χ4v) is 2.95. The van der Waals surface area contributed by atoms with Gasteiger partial charge >= 0.3 is 6.18 Å². The van der Waals surface area contributed by atoms with Crippen LogP contribution in [0.3, 0.4) is 0 Å². The molecule has 0 spiro atoms. The van der Waals surface area contributed by atoms with Gasteiger partial charge < -0.3 is 10.2 Å². The molecule has 0 aromatic heterocycles. The average Bonchev–Trinajstić information content (AvgIpc) is 3.36. The highest BCUT2D eigenvalue weighted by atomic mass is 19.4. The molecule has 23 heavy (non-hydrogen) atoms. The number of likely N-dealkylation sites (tertiary alicyclic amines) is 1. The van der Waals surface area contributed by atoms with E-state index >= 15 is 0 Å². The van der Waals surface area contributed by atoms with Crippen LogP contribution < -0.4 is 5.32 Å². The number of hydrogen-bond donors (Lipinski definition) is 1. The molecule has 1 saturated heterocycles. The molecule has 1 heterocycles. The summed E-state index contributed by atoms with van der Waals surface area (Å²) in [6, 6.07) is 5.10. The lowest BCUT2D eigenvalue weighted by atomic mass is 10.0. The number of carbonyl (C=O) groups is 1. The van der Waals surface area contributed by atoms with Gasteiger partial charge in [0.25, 0.3) is 5.91 Å². The van der Waals surface area contributed by atoms with Gasteiger partial charge in [-0.25, -0.2) is 0 Å². The van der Waals surface area contributed by atoms with Gasteiger partial charge in [-0.15, -0.1) is 0 Å². The number of nitrogens with zero attached hydrogens (tertiary/aromatic N) is 1. The van der Waals surface area contributed by atoms with Crippen LogP contribution in [0.5, 0.6) is 0 Å². The standard InChI is InChI=1S/C17H21F3N2O/c18-17(19,20)14-3-1-2-13(10-14)16(23)22-8-6-15(7-9-22)21-11-12-4-5-12/h1-3,10,12,15,21H,4-9,11H2. The highest BCUT2D eigenvalue weighted by Gasteiger charge is 2.32. The summed E-state index contributed by atoms with van der Waals surface area (Å²) in [4.78, 5) is 14.1. The van der Waals surface area contributed by atoms with Crippen molar-refractivity contribution < 1.29 is 18.0 Å². The van der Waals surface area contributed by atoms with Crippen LogP contribution in [0.25, 0.3) is 0 Å². The van der Waals surface area contributed by atoms with E-state index in [1.807, 2.05) is 0 Å². The predicted molar refractivity (Wildman–Crippen MR) is 81.1 cm³/mol. The Bertz CT molecular complexity index is 561. The number of hydrogen-bond acceptors (Lipinski definition) is 2. The van der Waals surface area contributed by atoms with Crippen LogP contribution in [0.15, 0.2) is 24.3 Å². The first kappa shape index (κ1) is 16.3. The number of amides is 1. The van der Waals surface area contributed by atoms with Gasteiger partial charge in [-0.1, -0.05) is 6.07 Å². The molecule has 2 fully saturated rings. The van der Waals surface area contributed by atoms with E-state index in [1.54, 1.807) is 4.90 Å². The van der Waals surface area contributed by atoms with Crippen molar-refractivity contribution in [1.29, 1.82) is 0 Å². The molecule has 3 nitrogen and oxygen atoms in total. The maximum absolute atomic E-state index is 12.7. The molecule has 1 saturated carbocycles. The Kier molecular flexibility index (Phi) is 4.62. The molecule has 1 aromatic rings. The van der Waals surface area contributed by atoms with Crippen molar-refractivity contribution in [2.45, 2.75) is 37.9 Å². The Morgan fingerprint density at radius 1 is 1.17 bits per heavy atom. The first-order valence-corrected chi connectivity index (χ1v) is 8.13. The van der Waals surface area contributed by atoms with Crippen molar-refractivity contribution in [2.24, 2.45) is 5.92 Å². The predicted octanol–water partition coefficient (Wildman–Crippen LogP) is 3.31. The largest absolute Gasteiger partial charge is 0.416 e. The summed E-state index contributed by atoms with van der Waals surface area (Å²) in [7, 11) is 0. The number of benzene rings is 1. The minimum absolute atomic E-state index is 0.115. The van der Waals surface area contributed by atoms with Gasteiger partial charge in [0.2, 0.25) is 0 Å². The van der Waals surface area contributed by atoms with E-state index in [0.717, 1.165) is 37.4 Å². The van der Waals surface area contributed by atoms with Gasteiger partial charge in [-0.3, -0.25) is 4.79 Å². The van der Waals surface area contributed by atoms with Crippen molar-refractivity contribution >= 4 is 5.91 Å². The second-order valence-corrected chi connectivity index (χ2v) is 6.50. The fourth-order valence-electron chi connectivity index (χ4n) is 2.95. The van der Waals surface area contributed by atoms with Crippen LogP contribution in [0.1, 0.15) is 41.6 Å². The maximum Gasteiger partial charge on any atom is 0.416 e. The van der Waals surface area contributed by atoms with Gasteiger partial charge in [0.15, 0.2) is 0 Å². The van der Waals surface area contributed by atoms with Crippen LogP contribution in [0.2, 0.25) is 0 Å². The molecule has 126 valence electrons. The first-order chi connectivity index (χ1) is 10.9. The minimum atomic E-state index is -4.42. The summed E-state index contributed by atoms with van der Waals surface area (Å²) in [6.45, 7) is 2.24. The number of nitrogens with one attached hydrogen (secondary N) is 1. The van der Waals surface area contributed by atoms with E-state index in [2.05, 4.69) is 5.32 Å². The zero-order valence-electron chi connectivity index (χ0n) is 12.9. The number of halogens is 3. The Labute approximate surface area is 133 Å². The van der Waals surface area contributed by atoms with Crippen LogP contribution in [0.4, 0.5) is 13.2 Å². The van der Waals surface area contributed by atoms with E-state index in [4.69, 9.17) is 0 Å². The third kappa shape index (κ3) is 4.25. The SMILES string of the molecule is O=C(c1cccc(C(F)(F)F)c1)N1CCC(NCC2CC2)CC1. The normalized spacial score (nSPS) is 19.9. The summed E-state index contributed by atoms with van der Waals surface area (Å²) in [5, 5.41) is 3.53. The van der Waals surface area contributed by atoms with Crippen molar-refractivity contribution in [2.75, 3.05) is 19.6 Å². The average molecular weight is 326 g/mol. The van der Waals surface area contributed by atoms with Gasteiger partial charge in [0, 0.05) is 24.7 Å². The molecule has 0 radical (unpaired) electrons. The minimum Gasteiger partial charge on any atom is -0.339 e. The van der Waals surface area contributed by atoms with Crippen LogP contribution in [-0.4, -0.2) is 36.5 Å². The zero-order valence-corrected chi connectivity index (χ0v) is 12.9. The molecule has 1 N–H and O–H groups in total. The van der Waals surface area contributed by atoms with Crippen molar-refractivity contribution in [3.05, 3.63) is 35.4 Å². The molecule has 1 aromatic carbocycles. The summed E-state index contributed by atoms with van der Waals surface area (Å²) >= 11 is 0. The second-order valence-electron chi connectivity index (χ2n) is 6.50. The van der Waals surface area contributed by atoms with E-state index in [9.17, 15) is 18.0 Å². The van der Waals surface area contributed by atoms with Crippen LogP contribution >= 0.6 is 0 Å². The molecule has 6 heteroatoms. The molecule has 0 unspecified atom stereocenters. The van der Waals surface area contributed by atoms with Gasteiger partial charge in [-0.05, 0) is 56.3 Å². The van der Waals surface area contributed by atoms with Gasteiger partial charge in [-0.2, -0.15) is 13.2 Å². The molecule has 1 aliphatic carbocycles. The topological polar surface area (TPSA) is 32.3 Å². The monoisotopic (exact) mass is 326 g/mol. The second kappa shape index (κ2) is 6.51. The number of rotatable bonds is 4. The molecule has 1 aliphatic heterocycles. The molecular formula is C17H21F3N2O. The Hall–Kier alpha value is -1.56. The van der Waals surface area contributed by atoms with Gasteiger partial charge in [0.05, 0.1) is 5.56 Å². The molecule has 0 atom stereocenters. The van der Waals surface area contributed by atoms with Crippen molar-refractivity contribution in [3.63, 3.8) is 0 Å². The highest BCUT2D eigenvalue weighted by Crippen LogP contribution is 2.30. The lowest BCUT2D eigenvalue weighted by Gasteiger charge is -2.32. The van der Waals surface area contributed by atoms with E-state index < -0.39 is 11.7 Å². The van der Waals surface area contributed by atoms with Crippen molar-refractivity contribution in [3.8, 4) is 0 Å². The number of alkyl halides is 3. The van der Waals surface area contributed by atoms with E-state index in [1.165, 1.54) is 25.0 Å². The van der Waals surface area contributed by atoms with Gasteiger partial charge in [0.1, 0.15) is 0 Å². The lowest BCUT2D eigenvalue weighted by molar-refractivity contribution is -0.137.